The molecule has 0 unspecified atom stereocenters. The van der Waals surface area contributed by atoms with Crippen LogP contribution in [0, 0.1) is 13.8 Å². The second-order valence-electron chi connectivity index (χ2n) is 5.47. The van der Waals surface area contributed by atoms with Crippen molar-refractivity contribution in [3.63, 3.8) is 0 Å². The molecule has 2 aromatic rings. The predicted octanol–water partition coefficient (Wildman–Crippen LogP) is 2.90. The Morgan fingerprint density at radius 2 is 1.92 bits per heavy atom. The Kier molecular flexibility index (Phi) is 6.78. The molecule has 2 amide bonds. The van der Waals surface area contributed by atoms with Crippen LogP contribution in [0.4, 0.5) is 5.69 Å². The van der Waals surface area contributed by atoms with Crippen molar-refractivity contribution in [2.45, 2.75) is 31.8 Å². The van der Waals surface area contributed by atoms with Crippen LogP contribution in [0.1, 0.15) is 23.4 Å². The molecule has 0 aliphatic rings. The van der Waals surface area contributed by atoms with Crippen LogP contribution in [0.2, 0.25) is 5.02 Å². The minimum atomic E-state index is -0.411. The number of aromatic nitrogens is 2. The zero-order chi connectivity index (χ0) is 18.4. The van der Waals surface area contributed by atoms with E-state index in [1.807, 2.05) is 13.8 Å². The molecule has 1 aromatic carbocycles. The number of amides is 2. The number of nitrogens with zero attached hydrogens (tertiary/aromatic N) is 2. The Labute approximate surface area is 155 Å². The molecule has 0 fully saturated rings. The number of hydrogen-bond acceptors (Lipinski definition) is 5. The van der Waals surface area contributed by atoms with E-state index < -0.39 is 5.91 Å². The van der Waals surface area contributed by atoms with Crippen molar-refractivity contribution in [2.75, 3.05) is 11.1 Å². The van der Waals surface area contributed by atoms with Crippen molar-refractivity contribution in [3.05, 3.63) is 46.2 Å². The molecule has 0 saturated carbocycles. The Bertz CT molecular complexity index is 775. The van der Waals surface area contributed by atoms with Crippen LogP contribution in [-0.4, -0.2) is 27.5 Å². The van der Waals surface area contributed by atoms with Crippen LogP contribution in [0.3, 0.4) is 0 Å². The van der Waals surface area contributed by atoms with Gasteiger partial charge < -0.3 is 11.1 Å². The van der Waals surface area contributed by atoms with Gasteiger partial charge in [-0.1, -0.05) is 29.4 Å². The normalized spacial score (nSPS) is 10.5. The Hall–Kier alpha value is -2.12. The number of hydrogen-bond donors (Lipinski definition) is 2. The van der Waals surface area contributed by atoms with Crippen molar-refractivity contribution >= 4 is 40.9 Å². The van der Waals surface area contributed by atoms with E-state index in [0.29, 0.717) is 28.7 Å². The van der Waals surface area contributed by atoms with Gasteiger partial charge in [0.2, 0.25) is 11.8 Å². The summed E-state index contributed by atoms with van der Waals surface area (Å²) in [6.07, 6.45) is 0.843. The molecule has 8 heteroatoms. The van der Waals surface area contributed by atoms with Gasteiger partial charge in [-0.05, 0) is 44.0 Å². The predicted molar refractivity (Wildman–Crippen MR) is 99.8 cm³/mol. The lowest BCUT2D eigenvalue weighted by atomic mass is 10.1. The molecule has 6 nitrogen and oxygen atoms in total. The number of thioether (sulfide) groups is 1. The van der Waals surface area contributed by atoms with Gasteiger partial charge in [0.15, 0.2) is 5.16 Å². The van der Waals surface area contributed by atoms with E-state index in [1.54, 1.807) is 24.3 Å². The first-order valence-corrected chi connectivity index (χ1v) is 9.02. The van der Waals surface area contributed by atoms with Crippen LogP contribution < -0.4 is 11.1 Å². The van der Waals surface area contributed by atoms with Gasteiger partial charge in [0, 0.05) is 28.5 Å². The fourth-order valence-electron chi connectivity index (χ4n) is 2.30. The second-order valence-corrected chi connectivity index (χ2v) is 6.85. The van der Waals surface area contributed by atoms with Gasteiger partial charge in [-0.25, -0.2) is 9.97 Å². The van der Waals surface area contributed by atoms with Gasteiger partial charge in [-0.3, -0.25) is 9.59 Å². The monoisotopic (exact) mass is 378 g/mol. The summed E-state index contributed by atoms with van der Waals surface area (Å²) in [5.41, 5.74) is 8.34. The minimum Gasteiger partial charge on any atom is -0.369 e. The van der Waals surface area contributed by atoms with E-state index >= 15 is 0 Å². The maximum absolute atomic E-state index is 12.1. The van der Waals surface area contributed by atoms with Crippen LogP contribution >= 0.6 is 23.4 Å². The molecule has 0 radical (unpaired) electrons. The summed E-state index contributed by atoms with van der Waals surface area (Å²) < 4.78 is 0. The number of nitrogens with one attached hydrogen (secondary N) is 1. The number of halogens is 1. The summed E-state index contributed by atoms with van der Waals surface area (Å²) in [6.45, 7) is 3.74. The van der Waals surface area contributed by atoms with E-state index in [0.717, 1.165) is 17.0 Å². The molecule has 0 aliphatic heterocycles. The Morgan fingerprint density at radius 1 is 1.24 bits per heavy atom. The number of carbonyl (C=O) groups excluding carboxylic acids is 2. The molecule has 3 N–H and O–H groups in total. The second kappa shape index (κ2) is 8.82. The largest absolute Gasteiger partial charge is 0.369 e. The van der Waals surface area contributed by atoms with Gasteiger partial charge in [0.1, 0.15) is 0 Å². The highest BCUT2D eigenvalue weighted by Gasteiger charge is 2.12. The van der Waals surface area contributed by atoms with E-state index in [1.165, 1.54) is 11.8 Å². The zero-order valence-electron chi connectivity index (χ0n) is 14.0. The summed E-state index contributed by atoms with van der Waals surface area (Å²) in [4.78, 5) is 31.7. The molecule has 132 valence electrons. The molecule has 2 rings (SSSR count). The number of rotatable bonds is 7. The maximum atomic E-state index is 12.1. The quantitative estimate of drug-likeness (QED) is 0.570. The average molecular weight is 379 g/mol. The third kappa shape index (κ3) is 6.03. The van der Waals surface area contributed by atoms with Crippen LogP contribution in [0.5, 0.6) is 0 Å². The highest BCUT2D eigenvalue weighted by molar-refractivity contribution is 7.99. The fourth-order valence-corrected chi connectivity index (χ4v) is 3.16. The smallest absolute Gasteiger partial charge is 0.227 e. The summed E-state index contributed by atoms with van der Waals surface area (Å²) in [5, 5.41) is 3.90. The molecule has 0 saturated heterocycles. The third-order valence-corrected chi connectivity index (χ3v) is 4.56. The number of benzene rings is 1. The first-order chi connectivity index (χ1) is 11.8. The fraction of sp³-hybridized carbons (Fsp3) is 0.294. The lowest BCUT2D eigenvalue weighted by Crippen LogP contribution is -2.15. The highest BCUT2D eigenvalue weighted by atomic mass is 35.5. The summed E-state index contributed by atoms with van der Waals surface area (Å²) >= 11 is 7.11. The number of anilines is 1. The molecule has 1 heterocycles. The number of aryl methyl sites for hydroxylation is 2. The molecule has 25 heavy (non-hydrogen) atoms. The number of primary amides is 1. The third-order valence-electron chi connectivity index (χ3n) is 3.45. The molecule has 0 bridgehead atoms. The number of carbonyl (C=O) groups is 2. The van der Waals surface area contributed by atoms with Crippen molar-refractivity contribution in [1.82, 2.24) is 9.97 Å². The average Bonchev–Trinajstić information content (AvgIpc) is 2.52. The van der Waals surface area contributed by atoms with E-state index in [2.05, 4.69) is 15.3 Å². The molecular weight excluding hydrogens is 360 g/mol. The molecular formula is C17H19ClN4O2S. The summed E-state index contributed by atoms with van der Waals surface area (Å²) in [7, 11) is 0. The standard InChI is InChI=1S/C17H19ClN4O2S/c1-10-14(11(2)21-17(20-10)25-9-15(19)23)6-7-16(24)22-13-5-3-4-12(18)8-13/h3-5,8H,6-7,9H2,1-2H3,(H2,19,23)(H,22,24). The van der Waals surface area contributed by atoms with Crippen molar-refractivity contribution < 1.29 is 9.59 Å². The first kappa shape index (κ1) is 19.2. The van der Waals surface area contributed by atoms with Crippen LogP contribution in [0.15, 0.2) is 29.4 Å². The lowest BCUT2D eigenvalue weighted by Gasteiger charge is -2.11. The van der Waals surface area contributed by atoms with Crippen LogP contribution in [0.25, 0.3) is 0 Å². The highest BCUT2D eigenvalue weighted by Crippen LogP contribution is 2.19. The Morgan fingerprint density at radius 3 is 2.52 bits per heavy atom. The van der Waals surface area contributed by atoms with E-state index in [4.69, 9.17) is 17.3 Å². The topological polar surface area (TPSA) is 98.0 Å². The van der Waals surface area contributed by atoms with E-state index in [9.17, 15) is 9.59 Å². The van der Waals surface area contributed by atoms with Crippen molar-refractivity contribution in [1.29, 1.82) is 0 Å². The maximum Gasteiger partial charge on any atom is 0.227 e. The summed E-state index contributed by atoms with van der Waals surface area (Å²) in [5.74, 6) is -0.376. The Balaban J connectivity index is 1.97. The van der Waals surface area contributed by atoms with Gasteiger partial charge >= 0.3 is 0 Å². The SMILES string of the molecule is Cc1nc(SCC(N)=O)nc(C)c1CCC(=O)Nc1cccc(Cl)c1. The molecule has 1 aromatic heterocycles. The van der Waals surface area contributed by atoms with Crippen molar-refractivity contribution in [3.8, 4) is 0 Å². The van der Waals surface area contributed by atoms with Gasteiger partial charge in [-0.15, -0.1) is 0 Å². The van der Waals surface area contributed by atoms with E-state index in [-0.39, 0.29) is 11.7 Å². The summed E-state index contributed by atoms with van der Waals surface area (Å²) in [6, 6.07) is 7.01. The van der Waals surface area contributed by atoms with Crippen LogP contribution in [-0.2, 0) is 16.0 Å². The lowest BCUT2D eigenvalue weighted by molar-refractivity contribution is -0.116. The van der Waals surface area contributed by atoms with Crippen molar-refractivity contribution in [2.24, 2.45) is 5.73 Å². The molecule has 0 aliphatic carbocycles. The zero-order valence-corrected chi connectivity index (χ0v) is 15.6. The van der Waals surface area contributed by atoms with Gasteiger partial charge in [0.25, 0.3) is 0 Å². The number of nitrogens with two attached hydrogens (primary N) is 1. The van der Waals surface area contributed by atoms with Gasteiger partial charge in [0.05, 0.1) is 5.75 Å². The first-order valence-electron chi connectivity index (χ1n) is 7.66. The molecule has 0 atom stereocenters. The van der Waals surface area contributed by atoms with Gasteiger partial charge in [-0.2, -0.15) is 0 Å². The molecule has 0 spiro atoms. The minimum absolute atomic E-state index is 0.103.